The molecule has 0 aliphatic heterocycles. The molecule has 110 valence electrons. The minimum Gasteiger partial charge on any atom is -0.490 e. The lowest BCUT2D eigenvalue weighted by Crippen LogP contribution is -2.38. The summed E-state index contributed by atoms with van der Waals surface area (Å²) in [7, 11) is 1.94. The fourth-order valence-electron chi connectivity index (χ4n) is 4.28. The summed E-state index contributed by atoms with van der Waals surface area (Å²) in [5.74, 6) is 1.79. The number of ether oxygens (including phenoxy) is 1. The van der Waals surface area contributed by atoms with Gasteiger partial charge in [0.2, 0.25) is 0 Å². The van der Waals surface area contributed by atoms with E-state index in [1.807, 2.05) is 19.3 Å². The predicted octanol–water partition coefficient (Wildman–Crippen LogP) is 3.39. The van der Waals surface area contributed by atoms with Crippen molar-refractivity contribution in [3.63, 3.8) is 0 Å². The number of fused-ring (bicyclic) bond motifs is 2. The van der Waals surface area contributed by atoms with Gasteiger partial charge in [-0.1, -0.05) is 20.8 Å². The van der Waals surface area contributed by atoms with Gasteiger partial charge >= 0.3 is 0 Å². The van der Waals surface area contributed by atoms with Crippen molar-refractivity contribution in [2.75, 3.05) is 7.05 Å². The number of rotatable bonds is 4. The Balaban J connectivity index is 1.78. The average molecular weight is 274 g/mol. The Kier molecular flexibility index (Phi) is 3.28. The molecule has 0 radical (unpaired) electrons. The molecule has 0 spiro atoms. The summed E-state index contributed by atoms with van der Waals surface area (Å²) in [5.41, 5.74) is 1.75. The van der Waals surface area contributed by atoms with Crippen LogP contribution in [0.3, 0.4) is 0 Å². The molecule has 0 amide bonds. The minimum atomic E-state index is 0.310. The lowest BCUT2D eigenvalue weighted by Gasteiger charge is -2.38. The SMILES string of the molecule is CNCc1cc(OC2CC3CCC2(C)C3(C)C)ccn1. The molecule has 2 aliphatic carbocycles. The zero-order chi connectivity index (χ0) is 14.4. The van der Waals surface area contributed by atoms with Gasteiger partial charge in [0.25, 0.3) is 0 Å². The number of hydrogen-bond donors (Lipinski definition) is 1. The Morgan fingerprint density at radius 2 is 2.20 bits per heavy atom. The smallest absolute Gasteiger partial charge is 0.123 e. The first-order valence-corrected chi connectivity index (χ1v) is 7.73. The van der Waals surface area contributed by atoms with Crippen molar-refractivity contribution in [3.05, 3.63) is 24.0 Å². The lowest BCUT2D eigenvalue weighted by molar-refractivity contribution is 0.0301. The summed E-state index contributed by atoms with van der Waals surface area (Å²) in [4.78, 5) is 4.36. The summed E-state index contributed by atoms with van der Waals surface area (Å²) in [6.45, 7) is 8.05. The summed E-state index contributed by atoms with van der Waals surface area (Å²) in [6, 6.07) is 4.06. The Morgan fingerprint density at radius 1 is 1.40 bits per heavy atom. The number of pyridine rings is 1. The molecule has 2 aliphatic rings. The highest BCUT2D eigenvalue weighted by Crippen LogP contribution is 2.66. The Bertz CT molecular complexity index is 500. The monoisotopic (exact) mass is 274 g/mol. The zero-order valence-electron chi connectivity index (χ0n) is 13.1. The molecule has 1 heterocycles. The summed E-state index contributed by atoms with van der Waals surface area (Å²) in [6.07, 6.45) is 6.06. The van der Waals surface area contributed by atoms with Gasteiger partial charge in [-0.3, -0.25) is 4.98 Å². The van der Waals surface area contributed by atoms with E-state index in [2.05, 4.69) is 37.1 Å². The molecular formula is C17H26N2O. The highest BCUT2D eigenvalue weighted by molar-refractivity contribution is 5.24. The van der Waals surface area contributed by atoms with Crippen molar-refractivity contribution in [2.24, 2.45) is 16.7 Å². The molecular weight excluding hydrogens is 248 g/mol. The molecule has 2 bridgehead atoms. The maximum Gasteiger partial charge on any atom is 0.123 e. The second-order valence-electron chi connectivity index (χ2n) is 7.23. The van der Waals surface area contributed by atoms with Gasteiger partial charge in [0, 0.05) is 24.2 Å². The third-order valence-corrected chi connectivity index (χ3v) is 6.14. The number of aromatic nitrogens is 1. The van der Waals surface area contributed by atoms with Crippen LogP contribution in [0.1, 0.15) is 45.7 Å². The van der Waals surface area contributed by atoms with Crippen molar-refractivity contribution in [1.82, 2.24) is 10.3 Å². The van der Waals surface area contributed by atoms with Crippen LogP contribution in [0.25, 0.3) is 0 Å². The zero-order valence-corrected chi connectivity index (χ0v) is 13.1. The number of nitrogens with one attached hydrogen (secondary N) is 1. The molecule has 1 N–H and O–H groups in total. The van der Waals surface area contributed by atoms with Crippen molar-refractivity contribution in [3.8, 4) is 5.75 Å². The first kappa shape index (κ1) is 13.9. The fourth-order valence-corrected chi connectivity index (χ4v) is 4.28. The van der Waals surface area contributed by atoms with Crippen LogP contribution >= 0.6 is 0 Å². The molecule has 3 heteroatoms. The van der Waals surface area contributed by atoms with E-state index in [1.165, 1.54) is 19.3 Å². The topological polar surface area (TPSA) is 34.1 Å². The summed E-state index contributed by atoms with van der Waals surface area (Å²) >= 11 is 0. The van der Waals surface area contributed by atoms with Gasteiger partial charge in [0.05, 0.1) is 5.69 Å². The normalized spacial score (nSPS) is 34.4. The van der Waals surface area contributed by atoms with Crippen LogP contribution in [0, 0.1) is 16.7 Å². The van der Waals surface area contributed by atoms with Gasteiger partial charge in [0.15, 0.2) is 0 Å². The molecule has 3 atom stereocenters. The molecule has 1 aromatic heterocycles. The van der Waals surface area contributed by atoms with Gasteiger partial charge in [-0.25, -0.2) is 0 Å². The van der Waals surface area contributed by atoms with Crippen molar-refractivity contribution < 1.29 is 4.74 Å². The van der Waals surface area contributed by atoms with E-state index < -0.39 is 0 Å². The van der Waals surface area contributed by atoms with Gasteiger partial charge < -0.3 is 10.1 Å². The second kappa shape index (κ2) is 4.73. The highest BCUT2D eigenvalue weighted by Gasteiger charge is 2.62. The number of hydrogen-bond acceptors (Lipinski definition) is 3. The van der Waals surface area contributed by atoms with Crippen LogP contribution in [-0.2, 0) is 6.54 Å². The van der Waals surface area contributed by atoms with Crippen LogP contribution < -0.4 is 10.1 Å². The molecule has 3 nitrogen and oxygen atoms in total. The standard InChI is InChI=1S/C17H26N2O/c1-16(2)12-5-7-17(16,3)15(9-12)20-14-6-8-19-13(10-14)11-18-4/h6,8,10,12,15,18H,5,7,9,11H2,1-4H3. The van der Waals surface area contributed by atoms with Gasteiger partial charge in [-0.2, -0.15) is 0 Å². The first-order chi connectivity index (χ1) is 9.47. The molecule has 0 aromatic carbocycles. The summed E-state index contributed by atoms with van der Waals surface area (Å²) in [5, 5.41) is 3.13. The van der Waals surface area contributed by atoms with Crippen LogP contribution in [0.2, 0.25) is 0 Å². The van der Waals surface area contributed by atoms with E-state index in [1.54, 1.807) is 0 Å². The molecule has 2 fully saturated rings. The minimum absolute atomic E-state index is 0.310. The third-order valence-electron chi connectivity index (χ3n) is 6.14. The van der Waals surface area contributed by atoms with Crippen LogP contribution in [0.4, 0.5) is 0 Å². The molecule has 1 aromatic rings. The second-order valence-corrected chi connectivity index (χ2v) is 7.23. The largest absolute Gasteiger partial charge is 0.490 e. The van der Waals surface area contributed by atoms with Crippen molar-refractivity contribution >= 4 is 0 Å². The Morgan fingerprint density at radius 3 is 2.80 bits per heavy atom. The highest BCUT2D eigenvalue weighted by atomic mass is 16.5. The van der Waals surface area contributed by atoms with E-state index >= 15 is 0 Å². The quantitative estimate of drug-likeness (QED) is 0.914. The average Bonchev–Trinajstić information content (AvgIpc) is 2.73. The van der Waals surface area contributed by atoms with E-state index in [0.29, 0.717) is 16.9 Å². The molecule has 3 rings (SSSR count). The fraction of sp³-hybridized carbons (Fsp3) is 0.706. The van der Waals surface area contributed by atoms with Crippen LogP contribution in [0.5, 0.6) is 5.75 Å². The third kappa shape index (κ3) is 1.95. The Hall–Kier alpha value is -1.09. The maximum atomic E-state index is 6.37. The molecule has 3 unspecified atom stereocenters. The molecule has 0 saturated heterocycles. The van der Waals surface area contributed by atoms with E-state index in [-0.39, 0.29) is 0 Å². The van der Waals surface area contributed by atoms with Crippen molar-refractivity contribution in [2.45, 2.75) is 52.7 Å². The molecule has 2 saturated carbocycles. The van der Waals surface area contributed by atoms with E-state index in [9.17, 15) is 0 Å². The van der Waals surface area contributed by atoms with Crippen LogP contribution in [-0.4, -0.2) is 18.1 Å². The molecule has 20 heavy (non-hydrogen) atoms. The lowest BCUT2D eigenvalue weighted by atomic mass is 9.70. The van der Waals surface area contributed by atoms with Gasteiger partial charge in [0.1, 0.15) is 11.9 Å². The van der Waals surface area contributed by atoms with Gasteiger partial charge in [-0.15, -0.1) is 0 Å². The first-order valence-electron chi connectivity index (χ1n) is 7.73. The Labute approximate surface area is 122 Å². The predicted molar refractivity (Wildman–Crippen MR) is 80.6 cm³/mol. The van der Waals surface area contributed by atoms with E-state index in [0.717, 1.165) is 23.9 Å². The van der Waals surface area contributed by atoms with Crippen LogP contribution in [0.15, 0.2) is 18.3 Å². The van der Waals surface area contributed by atoms with E-state index in [4.69, 9.17) is 4.74 Å². The maximum absolute atomic E-state index is 6.37. The summed E-state index contributed by atoms with van der Waals surface area (Å²) < 4.78 is 6.37. The van der Waals surface area contributed by atoms with Gasteiger partial charge in [-0.05, 0) is 43.7 Å². The number of nitrogens with zero attached hydrogens (tertiary/aromatic N) is 1. The van der Waals surface area contributed by atoms with Crippen molar-refractivity contribution in [1.29, 1.82) is 0 Å².